The van der Waals surface area contributed by atoms with Crippen LogP contribution in [0.15, 0.2) is 30.3 Å². The summed E-state index contributed by atoms with van der Waals surface area (Å²) in [5, 5.41) is 12.1. The molecular formula is C19H27N5O2. The fraction of sp³-hybridized carbons (Fsp3) is 0.526. The molecule has 140 valence electrons. The molecule has 1 fully saturated rings. The summed E-state index contributed by atoms with van der Waals surface area (Å²) in [6.07, 6.45) is -0.279. The summed E-state index contributed by atoms with van der Waals surface area (Å²) in [4.78, 5) is 14.1. The maximum atomic E-state index is 12.4. The lowest BCUT2D eigenvalue weighted by Crippen LogP contribution is -2.50. The monoisotopic (exact) mass is 357 g/mol. The van der Waals surface area contributed by atoms with Crippen LogP contribution in [-0.2, 0) is 11.3 Å². The highest BCUT2D eigenvalue weighted by Gasteiger charge is 2.30. The molecule has 2 aromatic rings. The molecular weight excluding hydrogens is 330 g/mol. The molecule has 26 heavy (non-hydrogen) atoms. The summed E-state index contributed by atoms with van der Waals surface area (Å²) >= 11 is 0. The number of hydrogen-bond acceptors (Lipinski definition) is 5. The minimum Gasteiger partial charge on any atom is -0.444 e. The first-order chi connectivity index (χ1) is 12.3. The zero-order chi connectivity index (χ0) is 18.7. The number of amides is 1. The third-order valence-electron chi connectivity index (χ3n) is 4.35. The van der Waals surface area contributed by atoms with E-state index < -0.39 is 5.60 Å². The number of nitrogens with one attached hydrogen (secondary N) is 1. The average molecular weight is 357 g/mol. The van der Waals surface area contributed by atoms with Gasteiger partial charge in [-0.2, -0.15) is 0 Å². The number of benzene rings is 1. The molecule has 1 N–H and O–H groups in total. The van der Waals surface area contributed by atoms with Gasteiger partial charge in [-0.3, -0.25) is 0 Å². The Balaban J connectivity index is 1.70. The van der Waals surface area contributed by atoms with Gasteiger partial charge in [-0.25, -0.2) is 9.48 Å². The van der Waals surface area contributed by atoms with E-state index in [1.54, 1.807) is 4.90 Å². The quantitative estimate of drug-likeness (QED) is 0.914. The van der Waals surface area contributed by atoms with Gasteiger partial charge in [0.05, 0.1) is 18.3 Å². The first-order valence-corrected chi connectivity index (χ1v) is 8.99. The number of aromatic nitrogens is 3. The number of carbonyl (C=O) groups is 1. The molecule has 1 aliphatic heterocycles. The van der Waals surface area contributed by atoms with Gasteiger partial charge in [0.25, 0.3) is 0 Å². The van der Waals surface area contributed by atoms with E-state index >= 15 is 0 Å². The highest BCUT2D eigenvalue weighted by Crippen LogP contribution is 2.21. The smallest absolute Gasteiger partial charge is 0.410 e. The van der Waals surface area contributed by atoms with Crippen LogP contribution in [0, 0.1) is 6.92 Å². The predicted octanol–water partition coefficient (Wildman–Crippen LogP) is 2.52. The van der Waals surface area contributed by atoms with Crippen LogP contribution in [0.5, 0.6) is 0 Å². The van der Waals surface area contributed by atoms with Crippen molar-refractivity contribution in [2.24, 2.45) is 0 Å². The molecule has 7 heteroatoms. The minimum absolute atomic E-state index is 0.0409. The van der Waals surface area contributed by atoms with E-state index in [1.807, 2.05) is 50.6 Å². The van der Waals surface area contributed by atoms with Gasteiger partial charge in [0.15, 0.2) is 0 Å². The van der Waals surface area contributed by atoms with Gasteiger partial charge in [-0.15, -0.1) is 5.10 Å². The molecule has 1 aromatic heterocycles. The van der Waals surface area contributed by atoms with Crippen molar-refractivity contribution in [3.05, 3.63) is 47.3 Å². The fourth-order valence-electron chi connectivity index (χ4n) is 3.03. The van der Waals surface area contributed by atoms with E-state index in [9.17, 15) is 4.79 Å². The van der Waals surface area contributed by atoms with Crippen LogP contribution in [0.2, 0.25) is 0 Å². The summed E-state index contributed by atoms with van der Waals surface area (Å²) in [5.74, 6) is 0. The predicted molar refractivity (Wildman–Crippen MR) is 98.9 cm³/mol. The molecule has 0 bridgehead atoms. The van der Waals surface area contributed by atoms with E-state index in [0.717, 1.165) is 11.4 Å². The molecule has 1 aromatic carbocycles. The highest BCUT2D eigenvalue weighted by molar-refractivity contribution is 5.68. The maximum absolute atomic E-state index is 12.4. The van der Waals surface area contributed by atoms with E-state index in [-0.39, 0.29) is 12.1 Å². The second-order valence-corrected chi connectivity index (χ2v) is 7.64. The topological polar surface area (TPSA) is 72.3 Å². The van der Waals surface area contributed by atoms with Crippen molar-refractivity contribution in [2.75, 3.05) is 19.6 Å². The largest absolute Gasteiger partial charge is 0.444 e. The minimum atomic E-state index is -0.494. The number of hydrogen-bond donors (Lipinski definition) is 1. The van der Waals surface area contributed by atoms with Crippen molar-refractivity contribution in [3.8, 4) is 0 Å². The Hall–Kier alpha value is -2.41. The maximum Gasteiger partial charge on any atom is 0.410 e. The average Bonchev–Trinajstić information content (AvgIpc) is 2.95. The molecule has 0 aliphatic carbocycles. The van der Waals surface area contributed by atoms with E-state index in [4.69, 9.17) is 4.74 Å². The molecule has 1 unspecified atom stereocenters. The molecule has 0 spiro atoms. The zero-order valence-electron chi connectivity index (χ0n) is 15.9. The van der Waals surface area contributed by atoms with Crippen molar-refractivity contribution >= 4 is 6.09 Å². The van der Waals surface area contributed by atoms with Crippen LogP contribution >= 0.6 is 0 Å². The summed E-state index contributed by atoms with van der Waals surface area (Å²) in [6.45, 7) is 10.2. The normalized spacial score (nSPS) is 18.0. The second-order valence-electron chi connectivity index (χ2n) is 7.64. The summed E-state index contributed by atoms with van der Waals surface area (Å²) in [7, 11) is 0. The highest BCUT2D eigenvalue weighted by atomic mass is 16.6. The SMILES string of the molecule is Cc1c(C2CN(C(=O)OC(C)(C)C)CCN2)nnn1Cc1ccccc1. The van der Waals surface area contributed by atoms with E-state index in [1.165, 1.54) is 5.56 Å². The van der Waals surface area contributed by atoms with Crippen LogP contribution in [0.1, 0.15) is 43.8 Å². The Labute approximate surface area is 154 Å². The van der Waals surface area contributed by atoms with Crippen LogP contribution in [-0.4, -0.2) is 51.2 Å². The van der Waals surface area contributed by atoms with Gasteiger partial charge >= 0.3 is 6.09 Å². The lowest BCUT2D eigenvalue weighted by Gasteiger charge is -2.34. The van der Waals surface area contributed by atoms with Gasteiger partial charge in [0, 0.05) is 19.6 Å². The molecule has 1 saturated heterocycles. The van der Waals surface area contributed by atoms with Crippen LogP contribution in [0.3, 0.4) is 0 Å². The Morgan fingerprint density at radius 1 is 1.31 bits per heavy atom. The summed E-state index contributed by atoms with van der Waals surface area (Å²) < 4.78 is 7.40. The van der Waals surface area contributed by atoms with Crippen molar-refractivity contribution in [2.45, 2.75) is 45.9 Å². The number of piperazine rings is 1. The van der Waals surface area contributed by atoms with Gasteiger partial charge in [-0.05, 0) is 33.3 Å². The molecule has 1 aliphatic rings. The van der Waals surface area contributed by atoms with Crippen molar-refractivity contribution in [1.29, 1.82) is 0 Å². The first kappa shape index (κ1) is 18.4. The summed E-state index contributed by atoms with van der Waals surface area (Å²) in [6, 6.07) is 10.1. The Morgan fingerprint density at radius 3 is 2.73 bits per heavy atom. The van der Waals surface area contributed by atoms with Crippen LogP contribution < -0.4 is 5.32 Å². The zero-order valence-corrected chi connectivity index (χ0v) is 15.9. The Bertz CT molecular complexity index is 751. The van der Waals surface area contributed by atoms with Gasteiger partial charge in [0.2, 0.25) is 0 Å². The molecule has 2 heterocycles. The molecule has 1 amide bonds. The number of carbonyl (C=O) groups excluding carboxylic acids is 1. The first-order valence-electron chi connectivity index (χ1n) is 8.99. The number of rotatable bonds is 3. The van der Waals surface area contributed by atoms with Crippen molar-refractivity contribution < 1.29 is 9.53 Å². The Kier molecular flexibility index (Phi) is 5.27. The fourth-order valence-corrected chi connectivity index (χ4v) is 3.03. The molecule has 7 nitrogen and oxygen atoms in total. The van der Waals surface area contributed by atoms with Crippen LogP contribution in [0.25, 0.3) is 0 Å². The molecule has 1 atom stereocenters. The standard InChI is InChI=1S/C19H27N5O2/c1-14-17(21-22-24(14)12-15-8-6-5-7-9-15)16-13-23(11-10-20-16)18(25)26-19(2,3)4/h5-9,16,20H,10-13H2,1-4H3. The molecule has 0 radical (unpaired) electrons. The Morgan fingerprint density at radius 2 is 2.04 bits per heavy atom. The third-order valence-corrected chi connectivity index (χ3v) is 4.35. The van der Waals surface area contributed by atoms with Crippen LogP contribution in [0.4, 0.5) is 4.79 Å². The van der Waals surface area contributed by atoms with Crippen molar-refractivity contribution in [1.82, 2.24) is 25.2 Å². The van der Waals surface area contributed by atoms with Gasteiger partial charge < -0.3 is 15.0 Å². The van der Waals surface area contributed by atoms with Gasteiger partial charge in [-0.1, -0.05) is 35.5 Å². The number of nitrogens with zero attached hydrogens (tertiary/aromatic N) is 4. The van der Waals surface area contributed by atoms with Crippen molar-refractivity contribution in [3.63, 3.8) is 0 Å². The lowest BCUT2D eigenvalue weighted by molar-refractivity contribution is 0.0193. The molecule has 0 saturated carbocycles. The van der Waals surface area contributed by atoms with Gasteiger partial charge in [0.1, 0.15) is 11.3 Å². The second kappa shape index (κ2) is 7.45. The third kappa shape index (κ3) is 4.40. The number of ether oxygens (including phenoxy) is 1. The lowest BCUT2D eigenvalue weighted by atomic mass is 10.1. The molecule has 3 rings (SSSR count). The summed E-state index contributed by atoms with van der Waals surface area (Å²) in [5.41, 5.74) is 2.58. The van der Waals surface area contributed by atoms with E-state index in [2.05, 4.69) is 27.8 Å². The van der Waals surface area contributed by atoms with E-state index in [0.29, 0.717) is 26.2 Å².